The van der Waals surface area contributed by atoms with E-state index in [1.807, 2.05) is 44.2 Å². The third kappa shape index (κ3) is 4.67. The zero-order valence-corrected chi connectivity index (χ0v) is 14.6. The number of benzene rings is 2. The van der Waals surface area contributed by atoms with E-state index in [9.17, 15) is 9.59 Å². The number of nitrogen functional groups attached to an aromatic ring is 1. The van der Waals surface area contributed by atoms with Gasteiger partial charge >= 0.3 is 5.97 Å². The number of ketones is 1. The van der Waals surface area contributed by atoms with Crippen LogP contribution in [0.25, 0.3) is 0 Å². The van der Waals surface area contributed by atoms with Crippen LogP contribution in [0.15, 0.2) is 54.6 Å². The lowest BCUT2D eigenvalue weighted by molar-refractivity contribution is -0.150. The SMILES string of the molecule is CC(C)CC(N)(C(=O)OCc1ccccc1)C(=O)c1ccc(N)cc1. The van der Waals surface area contributed by atoms with Gasteiger partial charge in [0.15, 0.2) is 11.3 Å². The van der Waals surface area contributed by atoms with Gasteiger partial charge in [-0.2, -0.15) is 0 Å². The number of Topliss-reactive ketones (excluding diaryl/α,β-unsaturated/α-hetero) is 1. The van der Waals surface area contributed by atoms with Crippen molar-refractivity contribution in [3.05, 3.63) is 65.7 Å². The second kappa shape index (κ2) is 7.94. The molecule has 1 unspecified atom stereocenters. The van der Waals surface area contributed by atoms with Crippen LogP contribution >= 0.6 is 0 Å². The summed E-state index contributed by atoms with van der Waals surface area (Å²) in [4.78, 5) is 25.6. The molecular weight excluding hydrogens is 316 g/mol. The Kier molecular flexibility index (Phi) is 5.93. The monoisotopic (exact) mass is 340 g/mol. The normalized spacial score (nSPS) is 13.3. The van der Waals surface area contributed by atoms with Gasteiger partial charge in [-0.1, -0.05) is 44.2 Å². The molecule has 1 atom stereocenters. The fraction of sp³-hybridized carbons (Fsp3) is 0.300. The highest BCUT2D eigenvalue weighted by Crippen LogP contribution is 2.23. The Morgan fingerprint density at radius 1 is 1.04 bits per heavy atom. The van der Waals surface area contributed by atoms with Crippen molar-refractivity contribution in [2.24, 2.45) is 11.7 Å². The smallest absolute Gasteiger partial charge is 0.334 e. The van der Waals surface area contributed by atoms with Crippen molar-refractivity contribution < 1.29 is 14.3 Å². The fourth-order valence-electron chi connectivity index (χ4n) is 2.66. The molecule has 0 aromatic heterocycles. The topological polar surface area (TPSA) is 95.4 Å². The van der Waals surface area contributed by atoms with Gasteiger partial charge in [0, 0.05) is 11.3 Å². The van der Waals surface area contributed by atoms with Gasteiger partial charge in [-0.3, -0.25) is 4.79 Å². The van der Waals surface area contributed by atoms with E-state index in [-0.39, 0.29) is 18.9 Å². The molecule has 132 valence electrons. The predicted molar refractivity (Wildman–Crippen MR) is 97.8 cm³/mol. The molecule has 2 aromatic rings. The first-order chi connectivity index (χ1) is 11.8. The third-order valence-corrected chi connectivity index (χ3v) is 3.89. The third-order valence-electron chi connectivity index (χ3n) is 3.89. The van der Waals surface area contributed by atoms with Crippen LogP contribution in [0.2, 0.25) is 0 Å². The van der Waals surface area contributed by atoms with Crippen molar-refractivity contribution >= 4 is 17.4 Å². The number of carbonyl (C=O) groups excluding carboxylic acids is 2. The van der Waals surface area contributed by atoms with Crippen molar-refractivity contribution in [2.45, 2.75) is 32.4 Å². The van der Waals surface area contributed by atoms with Gasteiger partial charge in [0.05, 0.1) is 0 Å². The first-order valence-corrected chi connectivity index (χ1v) is 8.23. The standard InChI is InChI=1S/C20H24N2O3/c1-14(2)12-20(22,18(23)16-8-10-17(21)11-9-16)19(24)25-13-15-6-4-3-5-7-15/h3-11,14H,12-13,21-22H2,1-2H3. The molecule has 0 aliphatic heterocycles. The molecular formula is C20H24N2O3. The number of esters is 1. The predicted octanol–water partition coefficient (Wildman–Crippen LogP) is 2.94. The maximum atomic E-state index is 12.9. The molecule has 0 radical (unpaired) electrons. The van der Waals surface area contributed by atoms with Crippen molar-refractivity contribution in [1.82, 2.24) is 0 Å². The summed E-state index contributed by atoms with van der Waals surface area (Å²) in [5, 5.41) is 0. The molecule has 2 aromatic carbocycles. The second-order valence-electron chi connectivity index (χ2n) is 6.58. The highest BCUT2D eigenvalue weighted by molar-refractivity contribution is 6.16. The Morgan fingerprint density at radius 2 is 1.64 bits per heavy atom. The average molecular weight is 340 g/mol. The quantitative estimate of drug-likeness (QED) is 0.350. The van der Waals surface area contributed by atoms with Gasteiger partial charge in [-0.25, -0.2) is 4.79 Å². The number of nitrogens with two attached hydrogens (primary N) is 2. The van der Waals surface area contributed by atoms with E-state index in [1.165, 1.54) is 0 Å². The Bertz CT molecular complexity index is 726. The zero-order chi connectivity index (χ0) is 18.4. The number of hydrogen-bond donors (Lipinski definition) is 2. The van der Waals surface area contributed by atoms with E-state index < -0.39 is 17.3 Å². The number of carbonyl (C=O) groups is 2. The van der Waals surface area contributed by atoms with Crippen LogP contribution in [0.3, 0.4) is 0 Å². The largest absolute Gasteiger partial charge is 0.459 e. The summed E-state index contributed by atoms with van der Waals surface area (Å²) in [5.41, 5.74) is 11.9. The molecule has 2 rings (SSSR count). The summed E-state index contributed by atoms with van der Waals surface area (Å²) in [5.74, 6) is -1.13. The fourth-order valence-corrected chi connectivity index (χ4v) is 2.66. The summed E-state index contributed by atoms with van der Waals surface area (Å²) in [6.45, 7) is 3.89. The van der Waals surface area contributed by atoms with Crippen molar-refractivity contribution in [2.75, 3.05) is 5.73 Å². The summed E-state index contributed by atoms with van der Waals surface area (Å²) in [6.07, 6.45) is 0.198. The molecule has 0 saturated carbocycles. The van der Waals surface area contributed by atoms with E-state index in [2.05, 4.69) is 0 Å². The van der Waals surface area contributed by atoms with Crippen LogP contribution in [0.5, 0.6) is 0 Å². The first kappa shape index (κ1) is 18.7. The van der Waals surface area contributed by atoms with Crippen LogP contribution in [0.1, 0.15) is 36.2 Å². The van der Waals surface area contributed by atoms with Gasteiger partial charge in [-0.15, -0.1) is 0 Å². The van der Waals surface area contributed by atoms with Crippen molar-refractivity contribution in [3.63, 3.8) is 0 Å². The average Bonchev–Trinajstić information content (AvgIpc) is 2.60. The minimum absolute atomic E-state index is 0.0482. The molecule has 5 nitrogen and oxygen atoms in total. The van der Waals surface area contributed by atoms with Crippen molar-refractivity contribution in [3.8, 4) is 0 Å². The van der Waals surface area contributed by atoms with Crippen molar-refractivity contribution in [1.29, 1.82) is 0 Å². The van der Waals surface area contributed by atoms with Crippen LogP contribution in [0, 0.1) is 5.92 Å². The lowest BCUT2D eigenvalue weighted by Crippen LogP contribution is -2.56. The van der Waals surface area contributed by atoms with E-state index in [4.69, 9.17) is 16.2 Å². The molecule has 0 spiro atoms. The molecule has 0 bridgehead atoms. The maximum Gasteiger partial charge on any atom is 0.334 e. The molecule has 0 heterocycles. The number of anilines is 1. The molecule has 0 aliphatic rings. The Balaban J connectivity index is 2.21. The van der Waals surface area contributed by atoms with Gasteiger partial charge in [0.25, 0.3) is 0 Å². The molecule has 25 heavy (non-hydrogen) atoms. The Labute approximate surface area is 148 Å². The Hall–Kier alpha value is -2.66. The van der Waals surface area contributed by atoms with Gasteiger partial charge < -0.3 is 16.2 Å². The summed E-state index contributed by atoms with van der Waals surface area (Å²) in [7, 11) is 0. The number of rotatable bonds is 7. The number of hydrogen-bond acceptors (Lipinski definition) is 5. The van der Waals surface area contributed by atoms with Crippen LogP contribution < -0.4 is 11.5 Å². The molecule has 0 fully saturated rings. The molecule has 4 N–H and O–H groups in total. The minimum Gasteiger partial charge on any atom is -0.459 e. The molecule has 0 amide bonds. The highest BCUT2D eigenvalue weighted by atomic mass is 16.5. The maximum absolute atomic E-state index is 12.9. The van der Waals surface area contributed by atoms with E-state index in [0.717, 1.165) is 5.56 Å². The first-order valence-electron chi connectivity index (χ1n) is 8.23. The molecule has 0 saturated heterocycles. The van der Waals surface area contributed by atoms with Crippen LogP contribution in [-0.4, -0.2) is 17.3 Å². The second-order valence-corrected chi connectivity index (χ2v) is 6.58. The minimum atomic E-state index is -1.72. The van der Waals surface area contributed by atoms with Gasteiger partial charge in [0.1, 0.15) is 6.61 Å². The van der Waals surface area contributed by atoms with E-state index in [1.54, 1.807) is 24.3 Å². The summed E-state index contributed by atoms with van der Waals surface area (Å²) in [6, 6.07) is 15.6. The van der Waals surface area contributed by atoms with Gasteiger partial charge in [0.2, 0.25) is 0 Å². The Morgan fingerprint density at radius 3 is 2.20 bits per heavy atom. The van der Waals surface area contributed by atoms with Gasteiger partial charge in [-0.05, 0) is 42.2 Å². The summed E-state index contributed by atoms with van der Waals surface area (Å²) >= 11 is 0. The van der Waals surface area contributed by atoms with E-state index in [0.29, 0.717) is 11.3 Å². The lowest BCUT2D eigenvalue weighted by Gasteiger charge is -2.27. The van der Waals surface area contributed by atoms with E-state index >= 15 is 0 Å². The highest BCUT2D eigenvalue weighted by Gasteiger charge is 2.44. The molecule has 0 aliphatic carbocycles. The summed E-state index contributed by atoms with van der Waals surface area (Å²) < 4.78 is 5.35. The van der Waals surface area contributed by atoms with Crippen LogP contribution in [0.4, 0.5) is 5.69 Å². The lowest BCUT2D eigenvalue weighted by atomic mass is 9.83. The zero-order valence-electron chi connectivity index (χ0n) is 14.6. The number of ether oxygens (including phenoxy) is 1. The molecule has 5 heteroatoms. The van der Waals surface area contributed by atoms with Crippen LogP contribution in [-0.2, 0) is 16.1 Å².